The molecule has 0 aromatic carbocycles. The summed E-state index contributed by atoms with van der Waals surface area (Å²) in [5.41, 5.74) is 1.39. The smallest absolute Gasteiger partial charge is 0.179 e. The standard InChI is InChI=1S/C11H14N4O4/c16-5-8-9(17)10(18)11(19-8)15-4-2-7(14-15)6-1-3-12-13-6/h1-4,8-11,16-18H,5H2,(H,12,13)/t8-,9?,10?,11-/m1/s1. The minimum Gasteiger partial charge on any atom is -0.394 e. The summed E-state index contributed by atoms with van der Waals surface area (Å²) in [5.74, 6) is 0. The molecular weight excluding hydrogens is 252 g/mol. The predicted octanol–water partition coefficient (Wildman–Crippen LogP) is -1.12. The van der Waals surface area contributed by atoms with Crippen molar-refractivity contribution in [2.24, 2.45) is 0 Å². The van der Waals surface area contributed by atoms with Crippen molar-refractivity contribution in [2.45, 2.75) is 24.5 Å². The first-order valence-corrected chi connectivity index (χ1v) is 5.88. The Morgan fingerprint density at radius 2 is 2.16 bits per heavy atom. The van der Waals surface area contributed by atoms with Crippen molar-refractivity contribution in [1.82, 2.24) is 20.0 Å². The number of H-pyrrole nitrogens is 1. The van der Waals surface area contributed by atoms with Crippen LogP contribution in [0.2, 0.25) is 0 Å². The summed E-state index contributed by atoms with van der Waals surface area (Å²) in [6.07, 6.45) is -0.637. The van der Waals surface area contributed by atoms with Gasteiger partial charge in [-0.05, 0) is 12.1 Å². The van der Waals surface area contributed by atoms with Gasteiger partial charge >= 0.3 is 0 Å². The zero-order chi connectivity index (χ0) is 13.4. The third-order valence-corrected chi connectivity index (χ3v) is 3.16. The Bertz CT molecular complexity index is 541. The number of aliphatic hydroxyl groups excluding tert-OH is 3. The molecule has 3 heterocycles. The highest BCUT2D eigenvalue weighted by atomic mass is 16.6. The maximum atomic E-state index is 9.89. The van der Waals surface area contributed by atoms with E-state index >= 15 is 0 Å². The first-order valence-electron chi connectivity index (χ1n) is 5.88. The maximum Gasteiger partial charge on any atom is 0.179 e. The Hall–Kier alpha value is -1.74. The fourth-order valence-electron chi connectivity index (χ4n) is 2.12. The van der Waals surface area contributed by atoms with Crippen molar-refractivity contribution in [3.8, 4) is 11.4 Å². The Labute approximate surface area is 108 Å². The van der Waals surface area contributed by atoms with Crippen molar-refractivity contribution in [1.29, 1.82) is 0 Å². The summed E-state index contributed by atoms with van der Waals surface area (Å²) < 4.78 is 6.79. The van der Waals surface area contributed by atoms with Gasteiger partial charge in [-0.15, -0.1) is 0 Å². The van der Waals surface area contributed by atoms with E-state index in [1.165, 1.54) is 4.68 Å². The van der Waals surface area contributed by atoms with Gasteiger partial charge in [0.05, 0.1) is 12.3 Å². The van der Waals surface area contributed by atoms with Gasteiger partial charge in [-0.3, -0.25) is 5.10 Å². The van der Waals surface area contributed by atoms with Gasteiger partial charge in [-0.2, -0.15) is 10.2 Å². The lowest BCUT2D eigenvalue weighted by Gasteiger charge is -2.14. The van der Waals surface area contributed by atoms with Crippen LogP contribution in [0.4, 0.5) is 0 Å². The molecule has 102 valence electrons. The van der Waals surface area contributed by atoms with Crippen LogP contribution < -0.4 is 0 Å². The Morgan fingerprint density at radius 3 is 2.79 bits per heavy atom. The summed E-state index contributed by atoms with van der Waals surface area (Å²) in [6, 6.07) is 3.51. The topological polar surface area (TPSA) is 116 Å². The van der Waals surface area contributed by atoms with E-state index in [1.54, 1.807) is 24.5 Å². The molecule has 1 saturated heterocycles. The van der Waals surface area contributed by atoms with Gasteiger partial charge in [-0.1, -0.05) is 0 Å². The number of aliphatic hydroxyl groups is 3. The normalized spacial score (nSPS) is 30.9. The molecular formula is C11H14N4O4. The van der Waals surface area contributed by atoms with Gasteiger partial charge in [0.1, 0.15) is 24.0 Å². The van der Waals surface area contributed by atoms with Crippen LogP contribution in [0.1, 0.15) is 6.23 Å². The van der Waals surface area contributed by atoms with Gasteiger partial charge < -0.3 is 20.1 Å². The van der Waals surface area contributed by atoms with Crippen LogP contribution >= 0.6 is 0 Å². The van der Waals surface area contributed by atoms with E-state index in [0.29, 0.717) is 5.69 Å². The molecule has 0 bridgehead atoms. The molecule has 4 N–H and O–H groups in total. The molecule has 3 rings (SSSR count). The van der Waals surface area contributed by atoms with E-state index < -0.39 is 24.5 Å². The van der Waals surface area contributed by atoms with E-state index in [0.717, 1.165) is 5.69 Å². The maximum absolute atomic E-state index is 9.89. The molecule has 8 heteroatoms. The number of aromatic amines is 1. The molecule has 0 saturated carbocycles. The molecule has 8 nitrogen and oxygen atoms in total. The van der Waals surface area contributed by atoms with Crippen molar-refractivity contribution in [3.63, 3.8) is 0 Å². The third-order valence-electron chi connectivity index (χ3n) is 3.16. The van der Waals surface area contributed by atoms with Gasteiger partial charge in [0.2, 0.25) is 0 Å². The number of nitrogens with one attached hydrogen (secondary N) is 1. The van der Waals surface area contributed by atoms with Crippen LogP contribution in [-0.4, -0.2) is 60.2 Å². The largest absolute Gasteiger partial charge is 0.394 e. The van der Waals surface area contributed by atoms with Crippen molar-refractivity contribution >= 4 is 0 Å². The van der Waals surface area contributed by atoms with Gasteiger partial charge in [0, 0.05) is 12.4 Å². The summed E-state index contributed by atoms with van der Waals surface area (Å²) >= 11 is 0. The Kier molecular flexibility index (Phi) is 3.07. The van der Waals surface area contributed by atoms with Crippen LogP contribution in [0.25, 0.3) is 11.4 Å². The average molecular weight is 266 g/mol. The number of ether oxygens (including phenoxy) is 1. The first-order chi connectivity index (χ1) is 9.20. The molecule has 2 aromatic rings. The zero-order valence-corrected chi connectivity index (χ0v) is 9.92. The number of hydrogen-bond acceptors (Lipinski definition) is 6. The average Bonchev–Trinajstić information content (AvgIpc) is 3.12. The highest BCUT2D eigenvalue weighted by molar-refractivity contribution is 5.52. The fraction of sp³-hybridized carbons (Fsp3) is 0.455. The van der Waals surface area contributed by atoms with Crippen LogP contribution in [0.15, 0.2) is 24.5 Å². The van der Waals surface area contributed by atoms with E-state index in [2.05, 4.69) is 15.3 Å². The van der Waals surface area contributed by atoms with Crippen molar-refractivity contribution in [2.75, 3.05) is 6.61 Å². The van der Waals surface area contributed by atoms with Gasteiger partial charge in [0.25, 0.3) is 0 Å². The van der Waals surface area contributed by atoms with E-state index in [1.807, 2.05) is 0 Å². The molecule has 4 atom stereocenters. The molecule has 0 radical (unpaired) electrons. The summed E-state index contributed by atoms with van der Waals surface area (Å²) in [6.45, 7) is -0.358. The van der Waals surface area contributed by atoms with E-state index in [4.69, 9.17) is 9.84 Å². The van der Waals surface area contributed by atoms with E-state index in [-0.39, 0.29) is 6.61 Å². The van der Waals surface area contributed by atoms with Crippen LogP contribution in [-0.2, 0) is 4.74 Å². The molecule has 1 fully saturated rings. The summed E-state index contributed by atoms with van der Waals surface area (Å²) in [5, 5.41) is 39.5. The fourth-order valence-corrected chi connectivity index (χ4v) is 2.12. The second kappa shape index (κ2) is 4.74. The lowest BCUT2D eigenvalue weighted by atomic mass is 10.1. The van der Waals surface area contributed by atoms with Gasteiger partial charge in [0.15, 0.2) is 6.23 Å². The predicted molar refractivity (Wildman–Crippen MR) is 62.8 cm³/mol. The molecule has 0 spiro atoms. The van der Waals surface area contributed by atoms with Crippen molar-refractivity contribution in [3.05, 3.63) is 24.5 Å². The second-order valence-corrected chi connectivity index (χ2v) is 4.38. The highest BCUT2D eigenvalue weighted by Gasteiger charge is 2.43. The number of nitrogens with zero attached hydrogens (tertiary/aromatic N) is 3. The molecule has 2 unspecified atom stereocenters. The van der Waals surface area contributed by atoms with E-state index in [9.17, 15) is 10.2 Å². The van der Waals surface area contributed by atoms with Crippen LogP contribution in [0.3, 0.4) is 0 Å². The quantitative estimate of drug-likeness (QED) is 0.559. The van der Waals surface area contributed by atoms with Crippen molar-refractivity contribution < 1.29 is 20.1 Å². The van der Waals surface area contributed by atoms with Gasteiger partial charge in [-0.25, -0.2) is 4.68 Å². The molecule has 2 aromatic heterocycles. The molecule has 1 aliphatic heterocycles. The first kappa shape index (κ1) is 12.3. The lowest BCUT2D eigenvalue weighted by molar-refractivity contribution is -0.0585. The minimum atomic E-state index is -1.13. The Balaban J connectivity index is 1.84. The van der Waals surface area contributed by atoms with Crippen LogP contribution in [0.5, 0.6) is 0 Å². The number of aromatic nitrogens is 4. The SMILES string of the molecule is OC[C@H]1O[C@@H](n2ccc(-c3ccn[nH]3)n2)C(O)C1O. The molecule has 1 aliphatic rings. The lowest BCUT2D eigenvalue weighted by Crippen LogP contribution is -2.33. The molecule has 0 amide bonds. The van der Waals surface area contributed by atoms with Crippen LogP contribution in [0, 0.1) is 0 Å². The minimum absolute atomic E-state index is 0.358. The highest BCUT2D eigenvalue weighted by Crippen LogP contribution is 2.29. The summed E-state index contributed by atoms with van der Waals surface area (Å²) in [4.78, 5) is 0. The number of rotatable bonds is 3. The monoisotopic (exact) mass is 266 g/mol. The zero-order valence-electron chi connectivity index (χ0n) is 9.92. The number of hydrogen-bond donors (Lipinski definition) is 4. The summed E-state index contributed by atoms with van der Waals surface area (Å²) in [7, 11) is 0. The third kappa shape index (κ3) is 2.04. The molecule has 0 aliphatic carbocycles. The molecule has 19 heavy (non-hydrogen) atoms. The Morgan fingerprint density at radius 1 is 1.32 bits per heavy atom. The second-order valence-electron chi connectivity index (χ2n) is 4.38.